The van der Waals surface area contributed by atoms with Crippen LogP contribution < -0.4 is 4.74 Å². The Morgan fingerprint density at radius 3 is 2.81 bits per heavy atom. The Bertz CT molecular complexity index is 717. The monoisotopic (exact) mass is 305 g/mol. The fraction of sp³-hybridized carbons (Fsp3) is 0.286. The largest absolute Gasteiger partial charge is 0.438 e. The molecule has 3 rings (SSSR count). The lowest BCUT2D eigenvalue weighted by atomic mass is 10.3. The van der Waals surface area contributed by atoms with Crippen molar-refractivity contribution in [3.8, 4) is 11.6 Å². The van der Waals surface area contributed by atoms with Crippen molar-refractivity contribution in [1.82, 2.24) is 9.97 Å². The Kier molecular flexibility index (Phi) is 3.47. The summed E-state index contributed by atoms with van der Waals surface area (Å²) in [7, 11) is 0. The van der Waals surface area contributed by atoms with Crippen LogP contribution in [0.25, 0.3) is 0 Å². The summed E-state index contributed by atoms with van der Waals surface area (Å²) in [6, 6.07) is 5.96. The van der Waals surface area contributed by atoms with Gasteiger partial charge in [0.15, 0.2) is 0 Å². The van der Waals surface area contributed by atoms with Gasteiger partial charge in [0.05, 0.1) is 11.0 Å². The Labute approximate surface area is 125 Å². The first-order valence-electron chi connectivity index (χ1n) is 6.51. The maximum Gasteiger partial charge on any atom is 0.273 e. The van der Waals surface area contributed by atoms with E-state index in [4.69, 9.17) is 16.3 Å². The lowest BCUT2D eigenvalue weighted by molar-refractivity contribution is -0.384. The number of rotatable bonds is 4. The molecular formula is C14H12ClN3O3. The molecule has 0 bridgehead atoms. The first-order valence-corrected chi connectivity index (χ1v) is 6.88. The van der Waals surface area contributed by atoms with Crippen LogP contribution in [0.3, 0.4) is 0 Å². The number of ether oxygens (including phenoxy) is 1. The summed E-state index contributed by atoms with van der Waals surface area (Å²) in [5.74, 6) is 1.71. The highest BCUT2D eigenvalue weighted by Crippen LogP contribution is 2.40. The quantitative estimate of drug-likeness (QED) is 0.484. The minimum atomic E-state index is -0.470. The predicted molar refractivity (Wildman–Crippen MR) is 76.9 cm³/mol. The number of nitro benzene ring substituents is 1. The van der Waals surface area contributed by atoms with Crippen molar-refractivity contribution >= 4 is 17.3 Å². The summed E-state index contributed by atoms with van der Waals surface area (Å²) in [6.07, 6.45) is 2.10. The minimum absolute atomic E-state index is 0.0345. The standard InChI is InChI=1S/C14H12ClN3O3/c1-8-12(15)16-13(9-5-6-9)17-14(8)21-11-4-2-3-10(7-11)18(19)20/h2-4,7,9H,5-6H2,1H3. The molecule has 0 radical (unpaired) electrons. The van der Waals surface area contributed by atoms with Crippen LogP contribution in [0.15, 0.2) is 24.3 Å². The summed E-state index contributed by atoms with van der Waals surface area (Å²) in [5.41, 5.74) is 0.584. The van der Waals surface area contributed by atoms with Gasteiger partial charge >= 0.3 is 0 Å². The predicted octanol–water partition coefficient (Wildman–Crippen LogP) is 4.02. The van der Waals surface area contributed by atoms with E-state index in [1.807, 2.05) is 0 Å². The lowest BCUT2D eigenvalue weighted by Crippen LogP contribution is -2.00. The zero-order valence-corrected chi connectivity index (χ0v) is 12.0. The van der Waals surface area contributed by atoms with E-state index < -0.39 is 4.92 Å². The molecule has 2 aromatic rings. The number of nitro groups is 1. The topological polar surface area (TPSA) is 78.2 Å². The maximum atomic E-state index is 10.8. The third kappa shape index (κ3) is 2.95. The summed E-state index contributed by atoms with van der Waals surface area (Å²) in [4.78, 5) is 18.9. The van der Waals surface area contributed by atoms with E-state index >= 15 is 0 Å². The van der Waals surface area contributed by atoms with Gasteiger partial charge in [0, 0.05) is 17.5 Å². The first-order chi connectivity index (χ1) is 10.0. The third-order valence-electron chi connectivity index (χ3n) is 3.24. The Morgan fingerprint density at radius 1 is 1.38 bits per heavy atom. The van der Waals surface area contributed by atoms with E-state index in [1.165, 1.54) is 12.1 Å². The molecule has 0 saturated heterocycles. The number of aromatic nitrogens is 2. The molecule has 1 aliphatic rings. The van der Waals surface area contributed by atoms with Gasteiger partial charge in [0.1, 0.15) is 16.7 Å². The van der Waals surface area contributed by atoms with Gasteiger partial charge < -0.3 is 4.74 Å². The number of hydrogen-bond donors (Lipinski definition) is 0. The summed E-state index contributed by atoms with van der Waals surface area (Å²) in [6.45, 7) is 1.76. The molecule has 1 aromatic carbocycles. The number of non-ortho nitro benzene ring substituents is 1. The second kappa shape index (κ2) is 5.29. The fourth-order valence-electron chi connectivity index (χ4n) is 1.88. The van der Waals surface area contributed by atoms with E-state index in [2.05, 4.69) is 9.97 Å². The maximum absolute atomic E-state index is 10.8. The normalized spacial score (nSPS) is 14.0. The fourth-order valence-corrected chi connectivity index (χ4v) is 2.05. The Morgan fingerprint density at radius 2 is 2.14 bits per heavy atom. The smallest absolute Gasteiger partial charge is 0.273 e. The second-order valence-corrected chi connectivity index (χ2v) is 5.29. The molecule has 0 aliphatic heterocycles. The van der Waals surface area contributed by atoms with Gasteiger partial charge in [-0.1, -0.05) is 17.7 Å². The zero-order valence-electron chi connectivity index (χ0n) is 11.2. The van der Waals surface area contributed by atoms with Crippen molar-refractivity contribution in [1.29, 1.82) is 0 Å². The van der Waals surface area contributed by atoms with Gasteiger partial charge in [-0.15, -0.1) is 0 Å². The highest BCUT2D eigenvalue weighted by Gasteiger charge is 2.28. The minimum Gasteiger partial charge on any atom is -0.438 e. The molecule has 1 saturated carbocycles. The molecule has 0 amide bonds. The van der Waals surface area contributed by atoms with Crippen LogP contribution in [-0.2, 0) is 0 Å². The molecular weight excluding hydrogens is 294 g/mol. The molecule has 1 aliphatic carbocycles. The van der Waals surface area contributed by atoms with Gasteiger partial charge in [0.2, 0.25) is 5.88 Å². The summed E-state index contributed by atoms with van der Waals surface area (Å²) in [5, 5.41) is 11.1. The van der Waals surface area contributed by atoms with Gasteiger partial charge in [0.25, 0.3) is 5.69 Å². The van der Waals surface area contributed by atoms with Crippen molar-refractivity contribution in [3.05, 3.63) is 50.9 Å². The average molecular weight is 306 g/mol. The van der Waals surface area contributed by atoms with Gasteiger partial charge in [-0.25, -0.2) is 4.98 Å². The van der Waals surface area contributed by atoms with Crippen LogP contribution in [0, 0.1) is 17.0 Å². The second-order valence-electron chi connectivity index (χ2n) is 4.93. The van der Waals surface area contributed by atoms with E-state index in [-0.39, 0.29) is 5.69 Å². The van der Waals surface area contributed by atoms with E-state index in [1.54, 1.807) is 19.1 Å². The van der Waals surface area contributed by atoms with E-state index in [0.717, 1.165) is 12.8 Å². The number of benzene rings is 1. The first kappa shape index (κ1) is 13.8. The molecule has 1 fully saturated rings. The molecule has 0 spiro atoms. The molecule has 6 nitrogen and oxygen atoms in total. The molecule has 21 heavy (non-hydrogen) atoms. The molecule has 1 heterocycles. The van der Waals surface area contributed by atoms with Crippen molar-refractivity contribution in [3.63, 3.8) is 0 Å². The highest BCUT2D eigenvalue weighted by atomic mass is 35.5. The molecule has 0 N–H and O–H groups in total. The Balaban J connectivity index is 1.93. The van der Waals surface area contributed by atoms with Crippen molar-refractivity contribution in [2.24, 2.45) is 0 Å². The van der Waals surface area contributed by atoms with Gasteiger partial charge in [-0.2, -0.15) is 4.98 Å². The summed E-state index contributed by atoms with van der Waals surface area (Å²) < 4.78 is 5.66. The SMILES string of the molecule is Cc1c(Cl)nc(C2CC2)nc1Oc1cccc([N+](=O)[O-])c1. The zero-order chi connectivity index (χ0) is 15.0. The van der Waals surface area contributed by atoms with Crippen LogP contribution in [0.5, 0.6) is 11.6 Å². The van der Waals surface area contributed by atoms with E-state index in [0.29, 0.717) is 34.1 Å². The molecule has 0 atom stereocenters. The van der Waals surface area contributed by atoms with Crippen LogP contribution in [0.4, 0.5) is 5.69 Å². The van der Waals surface area contributed by atoms with Crippen molar-refractivity contribution in [2.45, 2.75) is 25.7 Å². The molecule has 108 valence electrons. The number of hydrogen-bond acceptors (Lipinski definition) is 5. The Hall–Kier alpha value is -2.21. The number of nitrogens with zero attached hydrogens (tertiary/aromatic N) is 3. The highest BCUT2D eigenvalue weighted by molar-refractivity contribution is 6.30. The van der Waals surface area contributed by atoms with E-state index in [9.17, 15) is 10.1 Å². The third-order valence-corrected chi connectivity index (χ3v) is 3.61. The lowest BCUT2D eigenvalue weighted by Gasteiger charge is -2.10. The van der Waals surface area contributed by atoms with Crippen LogP contribution in [0.2, 0.25) is 5.15 Å². The molecule has 7 heteroatoms. The van der Waals surface area contributed by atoms with Crippen LogP contribution in [-0.4, -0.2) is 14.9 Å². The molecule has 0 unspecified atom stereocenters. The van der Waals surface area contributed by atoms with Crippen LogP contribution in [0.1, 0.15) is 30.1 Å². The number of halogens is 1. The van der Waals surface area contributed by atoms with Gasteiger partial charge in [-0.05, 0) is 25.8 Å². The van der Waals surface area contributed by atoms with Crippen LogP contribution >= 0.6 is 11.6 Å². The van der Waals surface area contributed by atoms with Crippen molar-refractivity contribution in [2.75, 3.05) is 0 Å². The van der Waals surface area contributed by atoms with Gasteiger partial charge in [-0.3, -0.25) is 10.1 Å². The summed E-state index contributed by atoms with van der Waals surface area (Å²) >= 11 is 6.10. The average Bonchev–Trinajstić information content (AvgIpc) is 3.28. The molecule has 1 aromatic heterocycles. The van der Waals surface area contributed by atoms with Crippen molar-refractivity contribution < 1.29 is 9.66 Å².